The molecule has 0 aliphatic rings. The van der Waals surface area contributed by atoms with Gasteiger partial charge in [0, 0.05) is 0 Å². The second-order valence-electron chi connectivity index (χ2n) is 2.92. The van der Waals surface area contributed by atoms with Gasteiger partial charge >= 0.3 is 0 Å². The molecule has 0 aliphatic heterocycles. The van der Waals surface area contributed by atoms with Gasteiger partial charge in [-0.3, -0.25) is 0 Å². The highest BCUT2D eigenvalue weighted by Crippen LogP contribution is 2.20. The summed E-state index contributed by atoms with van der Waals surface area (Å²) in [7, 11) is 0. The molecule has 1 aromatic rings. The van der Waals surface area contributed by atoms with Crippen molar-refractivity contribution in [3.8, 4) is 0 Å². The Hall–Kier alpha value is -0.890. The summed E-state index contributed by atoms with van der Waals surface area (Å²) in [5.74, 6) is -0.289. The van der Waals surface area contributed by atoms with Crippen LogP contribution in [0.15, 0.2) is 18.2 Å². The van der Waals surface area contributed by atoms with Gasteiger partial charge in [0.05, 0.1) is 6.10 Å². The van der Waals surface area contributed by atoms with Gasteiger partial charge in [0.2, 0.25) is 0 Å². The summed E-state index contributed by atoms with van der Waals surface area (Å²) in [6.45, 7) is 3.74. The summed E-state index contributed by atoms with van der Waals surface area (Å²) < 4.78 is 12.7. The normalized spacial score (nSPS) is 13.0. The third-order valence-corrected chi connectivity index (χ3v) is 1.99. The van der Waals surface area contributed by atoms with E-state index in [1.54, 1.807) is 6.07 Å². The van der Waals surface area contributed by atoms with Crippen LogP contribution in [-0.4, -0.2) is 5.11 Å². The molecule has 0 bridgehead atoms. The van der Waals surface area contributed by atoms with Gasteiger partial charge in [0.15, 0.2) is 0 Å². The number of rotatable bonds is 2. The van der Waals surface area contributed by atoms with Crippen LogP contribution in [0.1, 0.15) is 30.6 Å². The minimum Gasteiger partial charge on any atom is -0.388 e. The molecule has 0 heterocycles. The number of aliphatic hydroxyl groups excluding tert-OH is 1. The van der Waals surface area contributed by atoms with Crippen LogP contribution >= 0.6 is 0 Å². The zero-order chi connectivity index (χ0) is 9.14. The van der Waals surface area contributed by atoms with Crippen LogP contribution in [0.4, 0.5) is 4.39 Å². The number of hydrogen-bond donors (Lipinski definition) is 1. The molecule has 0 aromatic heterocycles. The predicted molar refractivity (Wildman–Crippen MR) is 46.4 cm³/mol. The Morgan fingerprint density at radius 1 is 1.50 bits per heavy atom. The highest BCUT2D eigenvalue weighted by molar-refractivity contribution is 5.28. The molecule has 12 heavy (non-hydrogen) atoms. The Morgan fingerprint density at radius 3 is 2.75 bits per heavy atom. The maximum absolute atomic E-state index is 12.7. The van der Waals surface area contributed by atoms with Crippen molar-refractivity contribution in [2.24, 2.45) is 0 Å². The fourth-order valence-electron chi connectivity index (χ4n) is 1.19. The lowest BCUT2D eigenvalue weighted by Gasteiger charge is -2.10. The van der Waals surface area contributed by atoms with Crippen molar-refractivity contribution in [2.45, 2.75) is 26.4 Å². The Labute approximate surface area is 71.9 Å². The van der Waals surface area contributed by atoms with Gasteiger partial charge in [-0.15, -0.1) is 0 Å². The smallest absolute Gasteiger partial charge is 0.123 e. The molecule has 0 radical (unpaired) electrons. The molecule has 1 unspecified atom stereocenters. The molecule has 1 aromatic carbocycles. The molecule has 0 saturated carbocycles. The molecule has 1 nitrogen and oxygen atoms in total. The Bertz CT molecular complexity index is 271. The van der Waals surface area contributed by atoms with Crippen molar-refractivity contribution in [2.75, 3.05) is 0 Å². The first kappa shape index (κ1) is 9.20. The lowest BCUT2D eigenvalue weighted by molar-refractivity contribution is 0.172. The maximum Gasteiger partial charge on any atom is 0.123 e. The summed E-state index contributed by atoms with van der Waals surface area (Å²) >= 11 is 0. The molecule has 1 N–H and O–H groups in total. The molecule has 1 atom stereocenters. The van der Waals surface area contributed by atoms with Crippen molar-refractivity contribution in [3.05, 3.63) is 35.1 Å². The highest BCUT2D eigenvalue weighted by atomic mass is 19.1. The lowest BCUT2D eigenvalue weighted by atomic mass is 10.0. The summed E-state index contributed by atoms with van der Waals surface area (Å²) in [4.78, 5) is 0. The molecular formula is C10H13FO. The fraction of sp³-hybridized carbons (Fsp3) is 0.400. The summed E-state index contributed by atoms with van der Waals surface area (Å²) in [6, 6.07) is 4.48. The quantitative estimate of drug-likeness (QED) is 0.719. The van der Waals surface area contributed by atoms with Crippen molar-refractivity contribution in [1.82, 2.24) is 0 Å². The van der Waals surface area contributed by atoms with Gasteiger partial charge < -0.3 is 5.11 Å². The average molecular weight is 168 g/mol. The van der Waals surface area contributed by atoms with E-state index in [4.69, 9.17) is 0 Å². The fourth-order valence-corrected chi connectivity index (χ4v) is 1.19. The Morgan fingerprint density at radius 2 is 2.17 bits per heavy atom. The molecule has 2 heteroatoms. The zero-order valence-electron chi connectivity index (χ0n) is 7.34. The number of hydrogen-bond acceptors (Lipinski definition) is 1. The van der Waals surface area contributed by atoms with E-state index in [-0.39, 0.29) is 5.82 Å². The summed E-state index contributed by atoms with van der Waals surface area (Å²) in [5, 5.41) is 9.47. The second kappa shape index (κ2) is 3.68. The van der Waals surface area contributed by atoms with Gasteiger partial charge in [-0.1, -0.05) is 13.0 Å². The van der Waals surface area contributed by atoms with E-state index in [1.165, 1.54) is 12.1 Å². The maximum atomic E-state index is 12.7. The van der Waals surface area contributed by atoms with E-state index in [2.05, 4.69) is 0 Å². The predicted octanol–water partition coefficient (Wildman–Crippen LogP) is 2.58. The Kier molecular flexibility index (Phi) is 2.82. The van der Waals surface area contributed by atoms with Crippen LogP contribution in [0.25, 0.3) is 0 Å². The first-order valence-electron chi connectivity index (χ1n) is 4.09. The molecule has 0 aliphatic carbocycles. The standard InChI is InChI=1S/C10H13FO/c1-3-10(12)9-6-8(11)5-4-7(9)2/h4-6,10,12H,3H2,1-2H3. The van der Waals surface area contributed by atoms with Crippen molar-refractivity contribution in [1.29, 1.82) is 0 Å². The number of benzene rings is 1. The highest BCUT2D eigenvalue weighted by Gasteiger charge is 2.08. The third-order valence-electron chi connectivity index (χ3n) is 1.99. The number of aryl methyl sites for hydroxylation is 1. The molecule has 0 fully saturated rings. The molecule has 0 saturated heterocycles. The number of halogens is 1. The SMILES string of the molecule is CCC(O)c1cc(F)ccc1C. The van der Waals surface area contributed by atoms with Crippen LogP contribution in [0, 0.1) is 12.7 Å². The lowest BCUT2D eigenvalue weighted by Crippen LogP contribution is -1.98. The van der Waals surface area contributed by atoms with Gasteiger partial charge in [0.25, 0.3) is 0 Å². The van der Waals surface area contributed by atoms with Gasteiger partial charge in [0.1, 0.15) is 5.82 Å². The van der Waals surface area contributed by atoms with Gasteiger partial charge in [-0.2, -0.15) is 0 Å². The first-order valence-corrected chi connectivity index (χ1v) is 4.09. The zero-order valence-corrected chi connectivity index (χ0v) is 7.34. The average Bonchev–Trinajstić information content (AvgIpc) is 2.08. The minimum absolute atomic E-state index is 0.289. The minimum atomic E-state index is -0.541. The van der Waals surface area contributed by atoms with Crippen molar-refractivity contribution >= 4 is 0 Å². The topological polar surface area (TPSA) is 20.2 Å². The monoisotopic (exact) mass is 168 g/mol. The molecule has 0 spiro atoms. The number of aliphatic hydroxyl groups is 1. The summed E-state index contributed by atoms with van der Waals surface area (Å²) in [5.41, 5.74) is 1.63. The van der Waals surface area contributed by atoms with E-state index in [9.17, 15) is 9.50 Å². The van der Waals surface area contributed by atoms with E-state index in [0.717, 1.165) is 5.56 Å². The van der Waals surface area contributed by atoms with E-state index in [1.807, 2.05) is 13.8 Å². The molecule has 1 rings (SSSR count). The van der Waals surface area contributed by atoms with Crippen molar-refractivity contribution < 1.29 is 9.50 Å². The van der Waals surface area contributed by atoms with Crippen LogP contribution in [0.2, 0.25) is 0 Å². The largest absolute Gasteiger partial charge is 0.388 e. The van der Waals surface area contributed by atoms with E-state index >= 15 is 0 Å². The Balaban J connectivity index is 3.04. The third kappa shape index (κ3) is 1.83. The van der Waals surface area contributed by atoms with Crippen molar-refractivity contribution in [3.63, 3.8) is 0 Å². The molecule has 0 amide bonds. The van der Waals surface area contributed by atoms with E-state index in [0.29, 0.717) is 12.0 Å². The van der Waals surface area contributed by atoms with Crippen LogP contribution in [0.5, 0.6) is 0 Å². The molecule has 66 valence electrons. The second-order valence-corrected chi connectivity index (χ2v) is 2.92. The van der Waals surface area contributed by atoms with Crippen LogP contribution < -0.4 is 0 Å². The van der Waals surface area contributed by atoms with Gasteiger partial charge in [-0.25, -0.2) is 4.39 Å². The van der Waals surface area contributed by atoms with Gasteiger partial charge in [-0.05, 0) is 36.6 Å². The first-order chi connectivity index (χ1) is 5.65. The molecular weight excluding hydrogens is 155 g/mol. The van der Waals surface area contributed by atoms with E-state index < -0.39 is 6.10 Å². The summed E-state index contributed by atoms with van der Waals surface area (Å²) in [6.07, 6.45) is 0.0744. The van der Waals surface area contributed by atoms with Crippen LogP contribution in [-0.2, 0) is 0 Å². The van der Waals surface area contributed by atoms with Crippen LogP contribution in [0.3, 0.4) is 0 Å².